The van der Waals surface area contributed by atoms with Gasteiger partial charge in [0.1, 0.15) is 5.01 Å². The maximum absolute atomic E-state index is 5.84. The molecule has 0 amide bonds. The van der Waals surface area contributed by atoms with Crippen LogP contribution in [0.5, 0.6) is 0 Å². The second-order valence-electron chi connectivity index (χ2n) is 5.71. The Bertz CT molecular complexity index is 550. The number of thiazole rings is 1. The highest BCUT2D eigenvalue weighted by atomic mass is 32.1. The number of nitrogens with two attached hydrogens (primary N) is 1. The normalized spacial score (nSPS) is 12.0. The second-order valence-corrected chi connectivity index (χ2v) is 6.65. The minimum absolute atomic E-state index is 0.0857. The SMILES string of the molecule is CCCc1c(N)nnn1Cc1nc(C(C)(C)C)cs1. The lowest BCUT2D eigenvalue weighted by Gasteiger charge is -2.14. The number of aromatic nitrogens is 4. The van der Waals surface area contributed by atoms with Crippen LogP contribution in [-0.2, 0) is 18.4 Å². The molecule has 2 N–H and O–H groups in total. The van der Waals surface area contributed by atoms with Crippen molar-refractivity contribution in [3.63, 3.8) is 0 Å². The number of nitrogens with zero attached hydrogens (tertiary/aromatic N) is 4. The smallest absolute Gasteiger partial charge is 0.169 e. The number of hydrogen-bond donors (Lipinski definition) is 1. The van der Waals surface area contributed by atoms with Crippen molar-refractivity contribution in [3.05, 3.63) is 21.8 Å². The van der Waals surface area contributed by atoms with Gasteiger partial charge in [0, 0.05) is 10.8 Å². The third kappa shape index (κ3) is 3.12. The molecule has 0 unspecified atom stereocenters. The third-order valence-corrected chi connectivity index (χ3v) is 3.79. The topological polar surface area (TPSA) is 69.6 Å². The van der Waals surface area contributed by atoms with Crippen LogP contribution in [-0.4, -0.2) is 20.0 Å². The molecule has 0 saturated carbocycles. The fraction of sp³-hybridized carbons (Fsp3) is 0.615. The largest absolute Gasteiger partial charge is 0.381 e. The van der Waals surface area contributed by atoms with Gasteiger partial charge < -0.3 is 5.73 Å². The molecular weight excluding hydrogens is 258 g/mol. The van der Waals surface area contributed by atoms with Crippen LogP contribution in [0.3, 0.4) is 0 Å². The summed E-state index contributed by atoms with van der Waals surface area (Å²) in [5.41, 5.74) is 8.06. The zero-order valence-electron chi connectivity index (χ0n) is 12.0. The highest BCUT2D eigenvalue weighted by Gasteiger charge is 2.18. The maximum atomic E-state index is 5.84. The summed E-state index contributed by atoms with van der Waals surface area (Å²) < 4.78 is 1.87. The second kappa shape index (κ2) is 5.28. The monoisotopic (exact) mass is 279 g/mol. The lowest BCUT2D eigenvalue weighted by Crippen LogP contribution is -2.12. The molecule has 0 bridgehead atoms. The highest BCUT2D eigenvalue weighted by Crippen LogP contribution is 2.24. The van der Waals surface area contributed by atoms with Gasteiger partial charge in [0.25, 0.3) is 0 Å². The summed E-state index contributed by atoms with van der Waals surface area (Å²) in [5, 5.41) is 11.2. The van der Waals surface area contributed by atoms with Crippen LogP contribution in [0, 0.1) is 0 Å². The van der Waals surface area contributed by atoms with Gasteiger partial charge in [0.15, 0.2) is 5.82 Å². The Morgan fingerprint density at radius 3 is 2.68 bits per heavy atom. The molecule has 0 aliphatic carbocycles. The minimum Gasteiger partial charge on any atom is -0.381 e. The van der Waals surface area contributed by atoms with Crippen LogP contribution >= 0.6 is 11.3 Å². The first-order chi connectivity index (χ1) is 8.91. The van der Waals surface area contributed by atoms with E-state index >= 15 is 0 Å². The van der Waals surface area contributed by atoms with E-state index in [9.17, 15) is 0 Å². The molecule has 2 heterocycles. The summed E-state index contributed by atoms with van der Waals surface area (Å²) in [6.07, 6.45) is 1.93. The molecule has 0 spiro atoms. The lowest BCUT2D eigenvalue weighted by atomic mass is 9.93. The Hall–Kier alpha value is -1.43. The Balaban J connectivity index is 2.20. The average Bonchev–Trinajstić information content (AvgIpc) is 2.90. The summed E-state index contributed by atoms with van der Waals surface area (Å²) in [7, 11) is 0. The molecule has 0 radical (unpaired) electrons. The van der Waals surface area contributed by atoms with Crippen LogP contribution in [0.1, 0.15) is 50.5 Å². The van der Waals surface area contributed by atoms with E-state index in [1.165, 1.54) is 0 Å². The van der Waals surface area contributed by atoms with Crippen molar-refractivity contribution in [1.82, 2.24) is 20.0 Å². The summed E-state index contributed by atoms with van der Waals surface area (Å²) >= 11 is 1.67. The molecule has 19 heavy (non-hydrogen) atoms. The number of hydrogen-bond acceptors (Lipinski definition) is 5. The van der Waals surface area contributed by atoms with E-state index in [2.05, 4.69) is 48.4 Å². The van der Waals surface area contributed by atoms with E-state index in [-0.39, 0.29) is 5.41 Å². The van der Waals surface area contributed by atoms with Gasteiger partial charge >= 0.3 is 0 Å². The van der Waals surface area contributed by atoms with Gasteiger partial charge in [-0.25, -0.2) is 9.67 Å². The number of anilines is 1. The Morgan fingerprint density at radius 1 is 1.37 bits per heavy atom. The molecule has 0 aromatic carbocycles. The van der Waals surface area contributed by atoms with Gasteiger partial charge in [-0.1, -0.05) is 39.3 Å². The van der Waals surface area contributed by atoms with Gasteiger partial charge in [-0.05, 0) is 6.42 Å². The molecule has 2 aromatic heterocycles. The first-order valence-corrected chi connectivity index (χ1v) is 7.42. The van der Waals surface area contributed by atoms with E-state index in [0.29, 0.717) is 12.4 Å². The molecule has 0 aliphatic rings. The Kier molecular flexibility index (Phi) is 3.89. The molecular formula is C13H21N5S. The average molecular weight is 279 g/mol. The lowest BCUT2D eigenvalue weighted by molar-refractivity contribution is 0.563. The van der Waals surface area contributed by atoms with E-state index in [1.54, 1.807) is 11.3 Å². The first kappa shape index (κ1) is 14.0. The number of rotatable bonds is 4. The molecule has 0 aliphatic heterocycles. The van der Waals surface area contributed by atoms with E-state index in [1.807, 2.05) is 4.68 Å². The van der Waals surface area contributed by atoms with Crippen molar-refractivity contribution in [2.75, 3.05) is 5.73 Å². The molecule has 0 atom stereocenters. The van der Waals surface area contributed by atoms with Gasteiger partial charge in [-0.15, -0.1) is 16.4 Å². The third-order valence-electron chi connectivity index (χ3n) is 2.96. The van der Waals surface area contributed by atoms with E-state index in [0.717, 1.165) is 29.2 Å². The van der Waals surface area contributed by atoms with Crippen LogP contribution in [0.15, 0.2) is 5.38 Å². The summed E-state index contributed by atoms with van der Waals surface area (Å²) in [4.78, 5) is 4.68. The van der Waals surface area contributed by atoms with Gasteiger partial charge in [-0.3, -0.25) is 0 Å². The van der Waals surface area contributed by atoms with Gasteiger partial charge in [0.2, 0.25) is 0 Å². The molecule has 6 heteroatoms. The Labute approximate surface area is 117 Å². The molecule has 0 fully saturated rings. The fourth-order valence-electron chi connectivity index (χ4n) is 1.82. The molecule has 0 saturated heterocycles. The van der Waals surface area contributed by atoms with E-state index < -0.39 is 0 Å². The molecule has 104 valence electrons. The summed E-state index contributed by atoms with van der Waals surface area (Å²) in [6, 6.07) is 0. The first-order valence-electron chi connectivity index (χ1n) is 6.54. The van der Waals surface area contributed by atoms with Gasteiger partial charge in [-0.2, -0.15) is 0 Å². The van der Waals surface area contributed by atoms with Gasteiger partial charge in [0.05, 0.1) is 17.9 Å². The van der Waals surface area contributed by atoms with Crippen molar-refractivity contribution in [3.8, 4) is 0 Å². The predicted molar refractivity (Wildman–Crippen MR) is 78.3 cm³/mol. The molecule has 2 aromatic rings. The highest BCUT2D eigenvalue weighted by molar-refractivity contribution is 7.09. The van der Waals surface area contributed by atoms with Crippen molar-refractivity contribution in [1.29, 1.82) is 0 Å². The molecule has 5 nitrogen and oxygen atoms in total. The van der Waals surface area contributed by atoms with Crippen LogP contribution in [0.25, 0.3) is 0 Å². The van der Waals surface area contributed by atoms with Crippen molar-refractivity contribution >= 4 is 17.2 Å². The van der Waals surface area contributed by atoms with E-state index in [4.69, 9.17) is 5.73 Å². The van der Waals surface area contributed by atoms with Crippen molar-refractivity contribution < 1.29 is 0 Å². The zero-order valence-corrected chi connectivity index (χ0v) is 12.8. The summed E-state index contributed by atoms with van der Waals surface area (Å²) in [6.45, 7) is 9.28. The van der Waals surface area contributed by atoms with Crippen molar-refractivity contribution in [2.24, 2.45) is 0 Å². The zero-order chi connectivity index (χ0) is 14.0. The summed E-state index contributed by atoms with van der Waals surface area (Å²) in [5.74, 6) is 0.537. The molecule has 2 rings (SSSR count). The predicted octanol–water partition coefficient (Wildman–Crippen LogP) is 2.62. The standard InChI is InChI=1S/C13H21N5S/c1-5-6-9-12(14)16-17-18(9)7-11-15-10(8-19-11)13(2,3)4/h8H,5-7,14H2,1-4H3. The van der Waals surface area contributed by atoms with Crippen LogP contribution in [0.4, 0.5) is 5.82 Å². The number of nitrogen functional groups attached to an aromatic ring is 1. The van der Waals surface area contributed by atoms with Crippen molar-refractivity contribution in [2.45, 2.75) is 52.5 Å². The van der Waals surface area contributed by atoms with Crippen LogP contribution < -0.4 is 5.73 Å². The maximum Gasteiger partial charge on any atom is 0.169 e. The minimum atomic E-state index is 0.0857. The quantitative estimate of drug-likeness (QED) is 0.934. The Morgan fingerprint density at radius 2 is 2.11 bits per heavy atom. The fourth-order valence-corrected chi connectivity index (χ4v) is 2.82. The van der Waals surface area contributed by atoms with Crippen LogP contribution in [0.2, 0.25) is 0 Å².